The van der Waals surface area contributed by atoms with E-state index in [1.165, 1.54) is 0 Å². The molecule has 7 heteroatoms. The number of benzene rings is 1. The molecule has 1 unspecified atom stereocenters. The lowest BCUT2D eigenvalue weighted by Gasteiger charge is -2.29. The van der Waals surface area contributed by atoms with E-state index in [2.05, 4.69) is 5.32 Å². The maximum absolute atomic E-state index is 13.9. The fourth-order valence-corrected chi connectivity index (χ4v) is 2.22. The zero-order valence-electron chi connectivity index (χ0n) is 11.7. The van der Waals surface area contributed by atoms with Gasteiger partial charge in [-0.1, -0.05) is 13.0 Å². The minimum atomic E-state index is -4.84. The molecule has 1 N–H and O–H groups in total. The first-order chi connectivity index (χ1) is 9.64. The Morgan fingerprint density at radius 2 is 1.95 bits per heavy atom. The third-order valence-electron chi connectivity index (χ3n) is 3.39. The molecule has 118 valence electrons. The lowest BCUT2D eigenvalue weighted by atomic mass is 9.94. The summed E-state index contributed by atoms with van der Waals surface area (Å²) in [5.74, 6) is -2.17. The smallest absolute Gasteiger partial charge is 0.347 e. The van der Waals surface area contributed by atoms with Crippen molar-refractivity contribution >= 4 is 17.5 Å². The molecule has 0 spiro atoms. The molecule has 0 saturated heterocycles. The van der Waals surface area contributed by atoms with Gasteiger partial charge in [0.25, 0.3) is 5.91 Å². The maximum atomic E-state index is 13.9. The molecule has 1 atom stereocenters. The number of hydrogen-bond donors (Lipinski definition) is 1. The van der Waals surface area contributed by atoms with Gasteiger partial charge in [-0.05, 0) is 31.9 Å². The Balaban J connectivity index is 3.09. The van der Waals surface area contributed by atoms with E-state index in [9.17, 15) is 22.4 Å². The van der Waals surface area contributed by atoms with E-state index < -0.39 is 34.6 Å². The number of alkyl halides is 4. The molecule has 1 rings (SSSR count). The van der Waals surface area contributed by atoms with Crippen LogP contribution in [0.25, 0.3) is 0 Å². The first kappa shape index (κ1) is 17.8. The van der Waals surface area contributed by atoms with Gasteiger partial charge < -0.3 is 5.32 Å². The van der Waals surface area contributed by atoms with Gasteiger partial charge in [-0.3, -0.25) is 4.79 Å². The molecule has 2 nitrogen and oxygen atoms in total. The van der Waals surface area contributed by atoms with Gasteiger partial charge in [-0.2, -0.15) is 13.2 Å². The van der Waals surface area contributed by atoms with Gasteiger partial charge in [0, 0.05) is 11.4 Å². The van der Waals surface area contributed by atoms with E-state index in [1.807, 2.05) is 0 Å². The SMILES string of the molecule is CCC(C)(CCCl)NC(=O)c1cccc(C(F)(F)F)c1F. The van der Waals surface area contributed by atoms with Crippen molar-refractivity contribution in [1.82, 2.24) is 5.32 Å². The molecule has 0 radical (unpaired) electrons. The summed E-state index contributed by atoms with van der Waals surface area (Å²) in [6, 6.07) is 2.63. The number of amides is 1. The van der Waals surface area contributed by atoms with E-state index >= 15 is 0 Å². The molecule has 1 amide bonds. The number of carbonyl (C=O) groups excluding carboxylic acids is 1. The quantitative estimate of drug-likeness (QED) is 0.632. The van der Waals surface area contributed by atoms with Gasteiger partial charge in [0.2, 0.25) is 0 Å². The summed E-state index contributed by atoms with van der Waals surface area (Å²) in [6.45, 7) is 3.51. The summed E-state index contributed by atoms with van der Waals surface area (Å²) in [5, 5.41) is 2.55. The molecule has 0 aliphatic heterocycles. The summed E-state index contributed by atoms with van der Waals surface area (Å²) < 4.78 is 51.8. The Kier molecular flexibility index (Phi) is 5.61. The Labute approximate surface area is 125 Å². The summed E-state index contributed by atoms with van der Waals surface area (Å²) in [6.07, 6.45) is -3.89. The molecular weight excluding hydrogens is 310 g/mol. The van der Waals surface area contributed by atoms with Crippen LogP contribution in [0, 0.1) is 5.82 Å². The van der Waals surface area contributed by atoms with Crippen molar-refractivity contribution in [1.29, 1.82) is 0 Å². The lowest BCUT2D eigenvalue weighted by Crippen LogP contribution is -2.46. The van der Waals surface area contributed by atoms with Crippen molar-refractivity contribution in [2.45, 2.75) is 38.4 Å². The third kappa shape index (κ3) is 4.33. The Morgan fingerprint density at radius 1 is 1.33 bits per heavy atom. The van der Waals surface area contributed by atoms with Crippen LogP contribution in [0.15, 0.2) is 18.2 Å². The maximum Gasteiger partial charge on any atom is 0.419 e. The van der Waals surface area contributed by atoms with Crippen molar-refractivity contribution < 1.29 is 22.4 Å². The van der Waals surface area contributed by atoms with E-state index in [0.717, 1.165) is 12.1 Å². The highest BCUT2D eigenvalue weighted by Crippen LogP contribution is 2.32. The first-order valence-corrected chi connectivity index (χ1v) is 6.92. The van der Waals surface area contributed by atoms with Gasteiger partial charge in [0.1, 0.15) is 5.82 Å². The van der Waals surface area contributed by atoms with E-state index in [4.69, 9.17) is 11.6 Å². The van der Waals surface area contributed by atoms with E-state index in [-0.39, 0.29) is 5.88 Å². The number of hydrogen-bond acceptors (Lipinski definition) is 1. The van der Waals surface area contributed by atoms with Gasteiger partial charge in [0.05, 0.1) is 11.1 Å². The lowest BCUT2D eigenvalue weighted by molar-refractivity contribution is -0.140. The van der Waals surface area contributed by atoms with Crippen molar-refractivity contribution in [3.8, 4) is 0 Å². The fourth-order valence-electron chi connectivity index (χ4n) is 1.80. The number of carbonyl (C=O) groups is 1. The van der Waals surface area contributed by atoms with Crippen LogP contribution < -0.4 is 5.32 Å². The largest absolute Gasteiger partial charge is 0.419 e. The Morgan fingerprint density at radius 3 is 2.43 bits per heavy atom. The van der Waals surface area contributed by atoms with Crippen LogP contribution in [-0.2, 0) is 6.18 Å². The highest BCUT2D eigenvalue weighted by atomic mass is 35.5. The average molecular weight is 326 g/mol. The molecule has 0 fully saturated rings. The van der Waals surface area contributed by atoms with Crippen LogP contribution >= 0.6 is 11.6 Å². The number of halogens is 5. The normalized spacial score (nSPS) is 14.6. The molecule has 0 aliphatic rings. The van der Waals surface area contributed by atoms with E-state index in [0.29, 0.717) is 18.9 Å². The molecule has 0 bridgehead atoms. The molecule has 1 aromatic carbocycles. The van der Waals surface area contributed by atoms with Crippen molar-refractivity contribution in [3.63, 3.8) is 0 Å². The average Bonchev–Trinajstić information content (AvgIpc) is 2.37. The second-order valence-electron chi connectivity index (χ2n) is 4.97. The first-order valence-electron chi connectivity index (χ1n) is 6.39. The second kappa shape index (κ2) is 6.64. The van der Waals surface area contributed by atoms with Crippen LogP contribution in [0.5, 0.6) is 0 Å². The summed E-state index contributed by atoms with van der Waals surface area (Å²) in [5.41, 5.74) is -2.77. The summed E-state index contributed by atoms with van der Waals surface area (Å²) >= 11 is 5.64. The molecule has 21 heavy (non-hydrogen) atoms. The van der Waals surface area contributed by atoms with E-state index in [1.54, 1.807) is 13.8 Å². The van der Waals surface area contributed by atoms with Crippen molar-refractivity contribution in [2.24, 2.45) is 0 Å². The predicted octanol–water partition coefficient (Wildman–Crippen LogP) is 4.37. The zero-order valence-corrected chi connectivity index (χ0v) is 12.4. The molecule has 0 heterocycles. The minimum absolute atomic E-state index is 0.274. The zero-order chi connectivity index (χ0) is 16.3. The van der Waals surface area contributed by atoms with Crippen LogP contribution in [0.1, 0.15) is 42.6 Å². The minimum Gasteiger partial charge on any atom is -0.347 e. The van der Waals surface area contributed by atoms with Crippen LogP contribution in [0.2, 0.25) is 0 Å². The summed E-state index contributed by atoms with van der Waals surface area (Å²) in [4.78, 5) is 12.0. The molecule has 1 aromatic rings. The molecular formula is C14H16ClF4NO. The molecule has 0 aliphatic carbocycles. The molecule has 0 saturated carbocycles. The van der Waals surface area contributed by atoms with Gasteiger partial charge in [-0.25, -0.2) is 4.39 Å². The van der Waals surface area contributed by atoms with Crippen LogP contribution in [0.3, 0.4) is 0 Å². The highest BCUT2D eigenvalue weighted by molar-refractivity contribution is 6.17. The monoisotopic (exact) mass is 325 g/mol. The Hall–Kier alpha value is -1.30. The second-order valence-corrected chi connectivity index (χ2v) is 5.35. The number of rotatable bonds is 5. The van der Waals surface area contributed by atoms with Gasteiger partial charge >= 0.3 is 6.18 Å². The van der Waals surface area contributed by atoms with Gasteiger partial charge in [0.15, 0.2) is 0 Å². The molecule has 0 aromatic heterocycles. The van der Waals surface area contributed by atoms with Crippen LogP contribution in [0.4, 0.5) is 17.6 Å². The highest BCUT2D eigenvalue weighted by Gasteiger charge is 2.36. The standard InChI is InChI=1S/C14H16ClF4NO/c1-3-13(2,7-8-15)20-12(21)9-5-4-6-10(11(9)16)14(17,18)19/h4-6H,3,7-8H2,1-2H3,(H,20,21). The van der Waals surface area contributed by atoms with Crippen molar-refractivity contribution in [2.75, 3.05) is 5.88 Å². The summed E-state index contributed by atoms with van der Waals surface area (Å²) in [7, 11) is 0. The Bertz CT molecular complexity index is 518. The van der Waals surface area contributed by atoms with Crippen molar-refractivity contribution in [3.05, 3.63) is 35.1 Å². The predicted molar refractivity (Wildman–Crippen MR) is 72.9 cm³/mol. The topological polar surface area (TPSA) is 29.1 Å². The van der Waals surface area contributed by atoms with Gasteiger partial charge in [-0.15, -0.1) is 11.6 Å². The number of nitrogens with one attached hydrogen (secondary N) is 1. The van der Waals surface area contributed by atoms with Crippen LogP contribution in [-0.4, -0.2) is 17.3 Å². The fraction of sp³-hybridized carbons (Fsp3) is 0.500. The third-order valence-corrected chi connectivity index (χ3v) is 3.58.